The van der Waals surface area contributed by atoms with Gasteiger partial charge in [-0.15, -0.1) is 9.92 Å². The minimum atomic E-state index is -1.37. The van der Waals surface area contributed by atoms with Gasteiger partial charge in [0.15, 0.2) is 0 Å². The molecular formula is C11H8N2O5. The topological polar surface area (TPSA) is 104 Å². The highest BCUT2D eigenvalue weighted by Crippen LogP contribution is 2.06. The highest BCUT2D eigenvalue weighted by Gasteiger charge is 2.22. The summed E-state index contributed by atoms with van der Waals surface area (Å²) >= 11 is 0. The fraction of sp³-hybridized carbons (Fsp3) is 0. The Labute approximate surface area is 101 Å². The number of nitroso groups, excluding NO2 is 1. The van der Waals surface area contributed by atoms with Crippen molar-refractivity contribution in [2.75, 3.05) is 0 Å². The summed E-state index contributed by atoms with van der Waals surface area (Å²) in [6.45, 7) is 0. The summed E-state index contributed by atoms with van der Waals surface area (Å²) < 4.78 is 0. The Morgan fingerprint density at radius 3 is 2.22 bits per heavy atom. The average molecular weight is 248 g/mol. The van der Waals surface area contributed by atoms with Crippen LogP contribution in [-0.4, -0.2) is 27.9 Å². The van der Waals surface area contributed by atoms with Crippen molar-refractivity contribution in [2.45, 2.75) is 0 Å². The molecule has 0 radical (unpaired) electrons. The van der Waals surface area contributed by atoms with E-state index in [-0.39, 0.29) is 10.6 Å². The normalized spacial score (nSPS) is 10.0. The molecule has 0 aliphatic rings. The molecule has 0 bridgehead atoms. The first kappa shape index (κ1) is 13.2. The SMILES string of the molecule is O=NN(C(=O)C=CC(=O)O)C(=O)c1ccccc1. The first-order chi connectivity index (χ1) is 8.56. The van der Waals surface area contributed by atoms with Crippen LogP contribution < -0.4 is 0 Å². The van der Waals surface area contributed by atoms with Crippen molar-refractivity contribution in [2.24, 2.45) is 5.29 Å². The molecular weight excluding hydrogens is 240 g/mol. The Morgan fingerprint density at radius 2 is 1.72 bits per heavy atom. The first-order valence-electron chi connectivity index (χ1n) is 4.74. The van der Waals surface area contributed by atoms with Gasteiger partial charge in [-0.2, -0.15) is 0 Å². The second-order valence-electron chi connectivity index (χ2n) is 3.07. The maximum atomic E-state index is 11.7. The monoisotopic (exact) mass is 248 g/mol. The standard InChI is InChI=1S/C11H8N2O5/c14-9(6-7-10(15)16)13(12-18)11(17)8-4-2-1-3-5-8/h1-7H,(H,15,16). The van der Waals surface area contributed by atoms with Gasteiger partial charge in [0.1, 0.15) is 0 Å². The zero-order valence-corrected chi connectivity index (χ0v) is 9.02. The predicted octanol–water partition coefficient (Wildman–Crippen LogP) is 0.978. The van der Waals surface area contributed by atoms with Crippen molar-refractivity contribution in [3.8, 4) is 0 Å². The first-order valence-corrected chi connectivity index (χ1v) is 4.74. The Kier molecular flexibility index (Phi) is 4.44. The van der Waals surface area contributed by atoms with Crippen LogP contribution in [0.1, 0.15) is 10.4 Å². The number of carbonyl (C=O) groups is 3. The van der Waals surface area contributed by atoms with Crippen LogP contribution in [0.3, 0.4) is 0 Å². The zero-order chi connectivity index (χ0) is 13.5. The Morgan fingerprint density at radius 1 is 1.11 bits per heavy atom. The number of imide groups is 1. The zero-order valence-electron chi connectivity index (χ0n) is 9.02. The molecule has 0 spiro atoms. The van der Waals surface area contributed by atoms with Gasteiger partial charge < -0.3 is 5.11 Å². The van der Waals surface area contributed by atoms with Crippen LogP contribution in [0.15, 0.2) is 47.8 Å². The molecule has 0 aliphatic carbocycles. The molecule has 18 heavy (non-hydrogen) atoms. The summed E-state index contributed by atoms with van der Waals surface area (Å²) in [5.74, 6) is -3.42. The quantitative estimate of drug-likeness (QED) is 0.485. The van der Waals surface area contributed by atoms with E-state index in [1.54, 1.807) is 18.2 Å². The molecule has 0 heterocycles. The summed E-state index contributed by atoms with van der Waals surface area (Å²) in [5, 5.41) is 10.7. The summed E-state index contributed by atoms with van der Waals surface area (Å²) in [6, 6.07) is 7.55. The molecule has 0 saturated heterocycles. The molecule has 0 unspecified atom stereocenters. The van der Waals surface area contributed by atoms with Crippen LogP contribution in [0.4, 0.5) is 0 Å². The Bertz CT molecular complexity index is 509. The highest BCUT2D eigenvalue weighted by molar-refractivity contribution is 6.08. The number of nitrogens with zero attached hydrogens (tertiary/aromatic N) is 2. The summed E-state index contributed by atoms with van der Waals surface area (Å²) in [7, 11) is 0. The third-order valence-electron chi connectivity index (χ3n) is 1.87. The van der Waals surface area contributed by atoms with Crippen molar-refractivity contribution in [1.82, 2.24) is 5.01 Å². The van der Waals surface area contributed by atoms with Crippen molar-refractivity contribution in [3.05, 3.63) is 53.0 Å². The predicted molar refractivity (Wildman–Crippen MR) is 60.2 cm³/mol. The minimum Gasteiger partial charge on any atom is -0.478 e. The molecule has 0 saturated carbocycles. The summed E-state index contributed by atoms with van der Waals surface area (Å²) in [6.07, 6.45) is 1.09. The van der Waals surface area contributed by atoms with E-state index in [9.17, 15) is 19.3 Å². The second-order valence-corrected chi connectivity index (χ2v) is 3.07. The van der Waals surface area contributed by atoms with Gasteiger partial charge in [-0.3, -0.25) is 9.59 Å². The molecule has 7 heteroatoms. The van der Waals surface area contributed by atoms with E-state index in [1.165, 1.54) is 12.1 Å². The van der Waals surface area contributed by atoms with Crippen molar-refractivity contribution >= 4 is 17.8 Å². The maximum absolute atomic E-state index is 11.7. The van der Waals surface area contributed by atoms with Gasteiger partial charge in [-0.05, 0) is 12.1 Å². The number of amides is 2. The van der Waals surface area contributed by atoms with E-state index in [0.29, 0.717) is 12.2 Å². The average Bonchev–Trinajstić information content (AvgIpc) is 2.38. The molecule has 92 valence electrons. The lowest BCUT2D eigenvalue weighted by molar-refractivity contribution is -0.132. The van der Waals surface area contributed by atoms with Gasteiger partial charge in [0, 0.05) is 17.7 Å². The minimum absolute atomic E-state index is 0.0504. The van der Waals surface area contributed by atoms with E-state index in [1.807, 2.05) is 0 Å². The van der Waals surface area contributed by atoms with Crippen LogP contribution in [0.5, 0.6) is 0 Å². The number of rotatable bonds is 4. The van der Waals surface area contributed by atoms with Gasteiger partial charge >= 0.3 is 5.97 Å². The van der Waals surface area contributed by atoms with Gasteiger partial charge in [0.25, 0.3) is 11.8 Å². The summed E-state index contributed by atoms with van der Waals surface area (Å²) in [5.41, 5.74) is 0.0918. The van der Waals surface area contributed by atoms with Crippen LogP contribution in [0, 0.1) is 4.91 Å². The molecule has 1 rings (SSSR count). The number of carbonyl (C=O) groups excluding carboxylic acids is 2. The number of hydrogen-bond donors (Lipinski definition) is 1. The van der Waals surface area contributed by atoms with E-state index in [0.717, 1.165) is 0 Å². The van der Waals surface area contributed by atoms with E-state index >= 15 is 0 Å². The van der Waals surface area contributed by atoms with E-state index in [2.05, 4.69) is 5.29 Å². The van der Waals surface area contributed by atoms with Crippen molar-refractivity contribution in [3.63, 3.8) is 0 Å². The van der Waals surface area contributed by atoms with Crippen LogP contribution in [0.2, 0.25) is 0 Å². The maximum Gasteiger partial charge on any atom is 0.328 e. The van der Waals surface area contributed by atoms with E-state index in [4.69, 9.17) is 5.11 Å². The molecule has 0 aromatic heterocycles. The molecule has 1 N–H and O–H groups in total. The smallest absolute Gasteiger partial charge is 0.328 e. The molecule has 0 fully saturated rings. The van der Waals surface area contributed by atoms with Crippen LogP contribution in [-0.2, 0) is 9.59 Å². The third-order valence-corrected chi connectivity index (χ3v) is 1.87. The lowest BCUT2D eigenvalue weighted by atomic mass is 10.2. The molecule has 1 aromatic rings. The number of carboxylic acids is 1. The largest absolute Gasteiger partial charge is 0.478 e. The number of aliphatic carboxylic acids is 1. The highest BCUT2D eigenvalue weighted by atomic mass is 16.4. The number of benzene rings is 1. The molecule has 2 amide bonds. The van der Waals surface area contributed by atoms with Crippen molar-refractivity contribution in [1.29, 1.82) is 0 Å². The fourth-order valence-corrected chi connectivity index (χ4v) is 1.09. The third kappa shape index (κ3) is 3.34. The molecule has 0 atom stereocenters. The van der Waals surface area contributed by atoms with E-state index < -0.39 is 17.8 Å². The second kappa shape index (κ2) is 6.04. The number of carboxylic acid groups (broad SMARTS) is 1. The summed E-state index contributed by atoms with van der Waals surface area (Å²) in [4.78, 5) is 43.7. The van der Waals surface area contributed by atoms with Gasteiger partial charge in [-0.25, -0.2) is 4.79 Å². The van der Waals surface area contributed by atoms with Gasteiger partial charge in [0.2, 0.25) is 0 Å². The number of hydrogen-bond acceptors (Lipinski definition) is 5. The molecule has 0 aliphatic heterocycles. The lowest BCUT2D eigenvalue weighted by Crippen LogP contribution is -2.30. The Balaban J connectivity index is 2.91. The fourth-order valence-electron chi connectivity index (χ4n) is 1.09. The van der Waals surface area contributed by atoms with Gasteiger partial charge in [-0.1, -0.05) is 18.2 Å². The lowest BCUT2D eigenvalue weighted by Gasteiger charge is -2.08. The van der Waals surface area contributed by atoms with Crippen LogP contribution in [0.25, 0.3) is 0 Å². The van der Waals surface area contributed by atoms with Crippen molar-refractivity contribution < 1.29 is 19.5 Å². The van der Waals surface area contributed by atoms with Crippen LogP contribution >= 0.6 is 0 Å². The van der Waals surface area contributed by atoms with Gasteiger partial charge in [0.05, 0.1) is 5.29 Å². The molecule has 1 aromatic carbocycles. The Hall–Kier alpha value is -2.83. The molecule has 7 nitrogen and oxygen atoms in total.